The average Bonchev–Trinajstić information content (AvgIpc) is 2.48. The Morgan fingerprint density at radius 3 is 2.68 bits per heavy atom. The second kappa shape index (κ2) is 5.18. The number of aryl methyl sites for hydroxylation is 2. The van der Waals surface area contributed by atoms with Crippen molar-refractivity contribution in [1.82, 2.24) is 14.5 Å². The first-order chi connectivity index (χ1) is 10.5. The van der Waals surface area contributed by atoms with Crippen molar-refractivity contribution < 1.29 is 13.5 Å². The Morgan fingerprint density at radius 1 is 1.18 bits per heavy atom. The van der Waals surface area contributed by atoms with Gasteiger partial charge in [0.1, 0.15) is 17.3 Å². The van der Waals surface area contributed by atoms with Crippen molar-refractivity contribution >= 4 is 11.0 Å². The summed E-state index contributed by atoms with van der Waals surface area (Å²) < 4.78 is 33.1. The molecule has 0 bridgehead atoms. The molecule has 2 heterocycles. The molecule has 3 aromatic rings. The zero-order valence-electron chi connectivity index (χ0n) is 11.8. The van der Waals surface area contributed by atoms with E-state index in [4.69, 9.17) is 4.74 Å². The number of fused-ring (bicyclic) bond motifs is 1. The van der Waals surface area contributed by atoms with Gasteiger partial charge >= 0.3 is 0 Å². The second-order valence-corrected chi connectivity index (χ2v) is 4.75. The molecule has 0 N–H and O–H groups in total. The molecule has 0 aliphatic carbocycles. The number of halogens is 2. The Kier molecular flexibility index (Phi) is 3.32. The summed E-state index contributed by atoms with van der Waals surface area (Å²) in [6.07, 6.45) is 1.55. The number of hydrogen-bond acceptors (Lipinski definition) is 4. The van der Waals surface area contributed by atoms with Crippen LogP contribution in [0.2, 0.25) is 0 Å². The van der Waals surface area contributed by atoms with Crippen LogP contribution >= 0.6 is 0 Å². The molecule has 112 valence electrons. The van der Waals surface area contributed by atoms with Gasteiger partial charge in [-0.2, -0.15) is 0 Å². The van der Waals surface area contributed by atoms with Gasteiger partial charge in [-0.1, -0.05) is 0 Å². The third-order valence-corrected chi connectivity index (χ3v) is 3.15. The first-order valence-electron chi connectivity index (χ1n) is 6.42. The third kappa shape index (κ3) is 2.41. The van der Waals surface area contributed by atoms with Gasteiger partial charge in [-0.05, 0) is 25.1 Å². The Hall–Kier alpha value is -2.83. The van der Waals surface area contributed by atoms with Crippen molar-refractivity contribution in [3.8, 4) is 11.5 Å². The number of ether oxygens (including phenoxy) is 1. The van der Waals surface area contributed by atoms with Crippen molar-refractivity contribution in [3.63, 3.8) is 0 Å². The van der Waals surface area contributed by atoms with E-state index < -0.39 is 17.2 Å². The summed E-state index contributed by atoms with van der Waals surface area (Å²) in [5.74, 6) is -1.40. The van der Waals surface area contributed by atoms with Gasteiger partial charge in [0, 0.05) is 24.7 Å². The highest BCUT2D eigenvalue weighted by atomic mass is 19.1. The van der Waals surface area contributed by atoms with Crippen LogP contribution in [-0.2, 0) is 7.05 Å². The maximum atomic E-state index is 13.6. The van der Waals surface area contributed by atoms with Gasteiger partial charge < -0.3 is 4.74 Å². The molecule has 0 saturated heterocycles. The zero-order valence-corrected chi connectivity index (χ0v) is 11.8. The van der Waals surface area contributed by atoms with Gasteiger partial charge in [0.05, 0.1) is 0 Å². The van der Waals surface area contributed by atoms with E-state index in [1.807, 2.05) is 0 Å². The van der Waals surface area contributed by atoms with E-state index in [0.29, 0.717) is 22.9 Å². The summed E-state index contributed by atoms with van der Waals surface area (Å²) in [7, 11) is 1.53. The van der Waals surface area contributed by atoms with E-state index in [2.05, 4.69) is 9.97 Å². The largest absolute Gasteiger partial charge is 0.448 e. The number of rotatable bonds is 2. The molecule has 2 aromatic heterocycles. The summed E-state index contributed by atoms with van der Waals surface area (Å²) in [6, 6.07) is 4.30. The molecule has 0 aliphatic heterocycles. The molecule has 0 amide bonds. The van der Waals surface area contributed by atoms with Crippen LogP contribution in [0, 0.1) is 18.6 Å². The van der Waals surface area contributed by atoms with Crippen molar-refractivity contribution in [3.05, 3.63) is 58.3 Å². The number of nitrogens with zero attached hydrogens (tertiary/aromatic N) is 3. The predicted octanol–water partition coefficient (Wildman–Crippen LogP) is 2.71. The Balaban J connectivity index is 2.13. The zero-order chi connectivity index (χ0) is 15.9. The highest BCUT2D eigenvalue weighted by Crippen LogP contribution is 2.24. The molecule has 0 aliphatic rings. The van der Waals surface area contributed by atoms with E-state index in [1.54, 1.807) is 13.1 Å². The van der Waals surface area contributed by atoms with E-state index in [9.17, 15) is 13.6 Å². The van der Waals surface area contributed by atoms with Gasteiger partial charge in [0.15, 0.2) is 17.3 Å². The lowest BCUT2D eigenvalue weighted by Gasteiger charge is -2.10. The lowest BCUT2D eigenvalue weighted by molar-refractivity contribution is 0.430. The summed E-state index contributed by atoms with van der Waals surface area (Å²) >= 11 is 0. The smallest absolute Gasteiger partial charge is 0.294 e. The lowest BCUT2D eigenvalue weighted by atomic mass is 10.3. The number of benzene rings is 1. The minimum absolute atomic E-state index is 0.0899. The fourth-order valence-corrected chi connectivity index (χ4v) is 2.05. The first kappa shape index (κ1) is 14.1. The minimum atomic E-state index is -0.887. The monoisotopic (exact) mass is 303 g/mol. The summed E-state index contributed by atoms with van der Waals surface area (Å²) in [4.78, 5) is 20.5. The van der Waals surface area contributed by atoms with Gasteiger partial charge in [0.2, 0.25) is 0 Å². The Bertz CT molecular complexity index is 938. The van der Waals surface area contributed by atoms with Crippen molar-refractivity contribution in [2.45, 2.75) is 6.92 Å². The summed E-state index contributed by atoms with van der Waals surface area (Å²) in [5, 5.41) is 0.574. The van der Waals surface area contributed by atoms with Crippen LogP contribution in [-0.4, -0.2) is 14.5 Å². The molecule has 0 unspecified atom stereocenters. The maximum Gasteiger partial charge on any atom is 0.294 e. The van der Waals surface area contributed by atoms with Crippen molar-refractivity contribution in [1.29, 1.82) is 0 Å². The van der Waals surface area contributed by atoms with Crippen LogP contribution in [0.1, 0.15) is 5.82 Å². The normalized spacial score (nSPS) is 10.9. The van der Waals surface area contributed by atoms with Crippen LogP contribution in [0.3, 0.4) is 0 Å². The number of hydrogen-bond donors (Lipinski definition) is 0. The quantitative estimate of drug-likeness (QED) is 0.730. The molecule has 1 aromatic carbocycles. The van der Waals surface area contributed by atoms with Crippen LogP contribution in [0.4, 0.5) is 8.78 Å². The molecular weight excluding hydrogens is 292 g/mol. The fourth-order valence-electron chi connectivity index (χ4n) is 2.05. The molecule has 0 fully saturated rings. The van der Waals surface area contributed by atoms with Gasteiger partial charge in [0.25, 0.3) is 5.56 Å². The SMILES string of the molecule is Cc1ncc2cc(Oc3ccc(F)cc3F)c(=O)n(C)c2n1. The van der Waals surface area contributed by atoms with E-state index in [1.165, 1.54) is 17.7 Å². The molecule has 7 heteroatoms. The maximum absolute atomic E-state index is 13.6. The second-order valence-electron chi connectivity index (χ2n) is 4.75. The van der Waals surface area contributed by atoms with Gasteiger partial charge in [-0.3, -0.25) is 9.36 Å². The lowest BCUT2D eigenvalue weighted by Crippen LogP contribution is -2.19. The molecule has 5 nitrogen and oxygen atoms in total. The molecule has 0 saturated carbocycles. The van der Waals surface area contributed by atoms with Crippen LogP contribution in [0.25, 0.3) is 11.0 Å². The van der Waals surface area contributed by atoms with E-state index >= 15 is 0 Å². The van der Waals surface area contributed by atoms with E-state index in [-0.39, 0.29) is 11.5 Å². The van der Waals surface area contributed by atoms with Crippen molar-refractivity contribution in [2.75, 3.05) is 0 Å². The number of aromatic nitrogens is 3. The standard InChI is InChI=1S/C15H11F2N3O2/c1-8-18-7-9-5-13(15(21)20(2)14(9)19-8)22-12-4-3-10(16)6-11(12)17/h3-7H,1-2H3. The van der Waals surface area contributed by atoms with Gasteiger partial charge in [-0.25, -0.2) is 18.7 Å². The molecule has 22 heavy (non-hydrogen) atoms. The van der Waals surface area contributed by atoms with Crippen LogP contribution in [0.15, 0.2) is 35.3 Å². The molecule has 0 spiro atoms. The minimum Gasteiger partial charge on any atom is -0.448 e. The number of pyridine rings is 1. The average molecular weight is 303 g/mol. The third-order valence-electron chi connectivity index (χ3n) is 3.15. The first-order valence-corrected chi connectivity index (χ1v) is 6.42. The van der Waals surface area contributed by atoms with Crippen LogP contribution in [0.5, 0.6) is 11.5 Å². The van der Waals surface area contributed by atoms with Gasteiger partial charge in [-0.15, -0.1) is 0 Å². The van der Waals surface area contributed by atoms with Crippen LogP contribution < -0.4 is 10.3 Å². The topological polar surface area (TPSA) is 57.0 Å². The highest BCUT2D eigenvalue weighted by molar-refractivity contribution is 5.75. The van der Waals surface area contributed by atoms with Crippen molar-refractivity contribution in [2.24, 2.45) is 7.05 Å². The predicted molar refractivity (Wildman–Crippen MR) is 75.9 cm³/mol. The summed E-state index contributed by atoms with van der Waals surface area (Å²) in [5.41, 5.74) is -0.0289. The molecule has 3 rings (SSSR count). The molecule has 0 radical (unpaired) electrons. The Labute approximate surface area is 123 Å². The highest BCUT2D eigenvalue weighted by Gasteiger charge is 2.13. The molecule has 0 atom stereocenters. The summed E-state index contributed by atoms with van der Waals surface area (Å²) in [6.45, 7) is 1.71. The Morgan fingerprint density at radius 2 is 1.95 bits per heavy atom. The molecular formula is C15H11F2N3O2. The fraction of sp³-hybridized carbons (Fsp3) is 0.133. The van der Waals surface area contributed by atoms with E-state index in [0.717, 1.165) is 12.1 Å².